The first-order valence-corrected chi connectivity index (χ1v) is 7.29. The summed E-state index contributed by atoms with van der Waals surface area (Å²) < 4.78 is 12.9. The van der Waals surface area contributed by atoms with Crippen LogP contribution in [0.25, 0.3) is 0 Å². The molecule has 0 spiro atoms. The molecule has 0 aliphatic heterocycles. The van der Waals surface area contributed by atoms with E-state index in [4.69, 9.17) is 23.2 Å². The lowest BCUT2D eigenvalue weighted by Crippen LogP contribution is -2.35. The first-order chi connectivity index (χ1) is 8.66. The van der Waals surface area contributed by atoms with Crippen LogP contribution in [0.1, 0.15) is 37.7 Å². The molecule has 1 nitrogen and oxygen atoms in total. The number of benzene rings is 1. The second-order valence-electron chi connectivity index (χ2n) is 4.88. The summed E-state index contributed by atoms with van der Waals surface area (Å²) in [6.45, 7) is 0.646. The summed E-state index contributed by atoms with van der Waals surface area (Å²) in [6, 6.07) is 4.85. The van der Waals surface area contributed by atoms with Crippen LogP contribution in [0.3, 0.4) is 0 Å². The van der Waals surface area contributed by atoms with Crippen molar-refractivity contribution in [2.24, 2.45) is 0 Å². The second-order valence-corrected chi connectivity index (χ2v) is 5.84. The largest absolute Gasteiger partial charge is 0.308 e. The van der Waals surface area contributed by atoms with E-state index < -0.39 is 0 Å². The smallest absolute Gasteiger partial charge is 0.124 e. The van der Waals surface area contributed by atoms with Crippen LogP contribution in [-0.4, -0.2) is 11.4 Å². The predicted molar refractivity (Wildman–Crippen MR) is 74.8 cm³/mol. The summed E-state index contributed by atoms with van der Waals surface area (Å²) in [5, 5.41) is 4.11. The maximum Gasteiger partial charge on any atom is 0.124 e. The fourth-order valence-electron chi connectivity index (χ4n) is 2.40. The number of halogens is 3. The zero-order valence-electron chi connectivity index (χ0n) is 10.3. The van der Waals surface area contributed by atoms with Crippen LogP contribution >= 0.6 is 23.2 Å². The Morgan fingerprint density at radius 3 is 2.78 bits per heavy atom. The third-order valence-corrected chi connectivity index (χ3v) is 4.38. The molecule has 2 rings (SSSR count). The molecule has 18 heavy (non-hydrogen) atoms. The standard InChI is InChI=1S/C14H18Cl2FN/c15-12-4-2-1-3-5-14(12)18-9-10-6-7-11(17)8-13(10)16/h6-8,12,14,18H,1-5,9H2. The molecule has 1 aliphatic rings. The highest BCUT2D eigenvalue weighted by molar-refractivity contribution is 6.31. The normalized spacial score (nSPS) is 24.8. The van der Waals surface area contributed by atoms with Crippen molar-refractivity contribution >= 4 is 23.2 Å². The van der Waals surface area contributed by atoms with Gasteiger partial charge < -0.3 is 5.32 Å². The van der Waals surface area contributed by atoms with E-state index in [1.165, 1.54) is 31.4 Å². The van der Waals surface area contributed by atoms with Gasteiger partial charge in [-0.3, -0.25) is 0 Å². The van der Waals surface area contributed by atoms with E-state index in [1.54, 1.807) is 6.07 Å². The van der Waals surface area contributed by atoms with Crippen LogP contribution in [0.4, 0.5) is 4.39 Å². The third kappa shape index (κ3) is 3.84. The molecule has 2 unspecified atom stereocenters. The van der Waals surface area contributed by atoms with E-state index in [9.17, 15) is 4.39 Å². The van der Waals surface area contributed by atoms with Crippen LogP contribution in [-0.2, 0) is 6.54 Å². The molecule has 1 fully saturated rings. The molecule has 0 aromatic heterocycles. The minimum atomic E-state index is -0.298. The maximum atomic E-state index is 12.9. The monoisotopic (exact) mass is 289 g/mol. The van der Waals surface area contributed by atoms with Crippen LogP contribution in [0.5, 0.6) is 0 Å². The Bertz CT molecular complexity index is 397. The highest BCUT2D eigenvalue weighted by atomic mass is 35.5. The highest BCUT2D eigenvalue weighted by Crippen LogP contribution is 2.23. The quantitative estimate of drug-likeness (QED) is 0.638. The molecule has 1 aromatic rings. The van der Waals surface area contributed by atoms with Crippen molar-refractivity contribution < 1.29 is 4.39 Å². The minimum Gasteiger partial charge on any atom is -0.308 e. The van der Waals surface area contributed by atoms with Crippen LogP contribution in [0.2, 0.25) is 5.02 Å². The molecule has 1 N–H and O–H groups in total. The maximum absolute atomic E-state index is 12.9. The lowest BCUT2D eigenvalue weighted by Gasteiger charge is -2.21. The lowest BCUT2D eigenvalue weighted by molar-refractivity contribution is 0.464. The number of nitrogens with one attached hydrogen (secondary N) is 1. The number of alkyl halides is 1. The predicted octanol–water partition coefficient (Wildman–Crippen LogP) is 4.51. The van der Waals surface area contributed by atoms with Crippen molar-refractivity contribution in [3.63, 3.8) is 0 Å². The van der Waals surface area contributed by atoms with Gasteiger partial charge in [-0.2, -0.15) is 0 Å². The van der Waals surface area contributed by atoms with Gasteiger partial charge in [-0.15, -0.1) is 11.6 Å². The fourth-order valence-corrected chi connectivity index (χ4v) is 3.00. The molecule has 0 amide bonds. The summed E-state index contributed by atoms with van der Waals surface area (Å²) >= 11 is 12.4. The average molecular weight is 290 g/mol. The van der Waals surface area contributed by atoms with E-state index in [0.717, 1.165) is 18.4 Å². The first-order valence-electron chi connectivity index (χ1n) is 6.48. The van der Waals surface area contributed by atoms with Crippen molar-refractivity contribution in [1.82, 2.24) is 5.32 Å². The third-order valence-electron chi connectivity index (χ3n) is 3.50. The van der Waals surface area contributed by atoms with Crippen LogP contribution in [0.15, 0.2) is 18.2 Å². The number of hydrogen-bond acceptors (Lipinski definition) is 1. The SMILES string of the molecule is Fc1ccc(CNC2CCCCCC2Cl)c(Cl)c1. The van der Waals surface area contributed by atoms with Gasteiger partial charge in [-0.05, 0) is 30.5 Å². The van der Waals surface area contributed by atoms with Crippen molar-refractivity contribution in [2.75, 3.05) is 0 Å². The molecule has 1 saturated carbocycles. The Balaban J connectivity index is 1.93. The molecular formula is C14H18Cl2FN. The molecule has 4 heteroatoms. The van der Waals surface area contributed by atoms with Gasteiger partial charge in [0.1, 0.15) is 5.82 Å². The summed E-state index contributed by atoms with van der Waals surface area (Å²) in [5.74, 6) is -0.298. The van der Waals surface area contributed by atoms with Gasteiger partial charge in [0.15, 0.2) is 0 Å². The van der Waals surface area contributed by atoms with Gasteiger partial charge in [0.2, 0.25) is 0 Å². The van der Waals surface area contributed by atoms with Crippen molar-refractivity contribution in [3.05, 3.63) is 34.6 Å². The van der Waals surface area contributed by atoms with Crippen molar-refractivity contribution in [1.29, 1.82) is 0 Å². The molecule has 2 atom stereocenters. The summed E-state index contributed by atoms with van der Waals surface area (Å²) in [7, 11) is 0. The molecular weight excluding hydrogens is 272 g/mol. The van der Waals surface area contributed by atoms with Crippen molar-refractivity contribution in [2.45, 2.75) is 50.1 Å². The lowest BCUT2D eigenvalue weighted by atomic mass is 10.1. The molecule has 1 aromatic carbocycles. The fraction of sp³-hybridized carbons (Fsp3) is 0.571. The summed E-state index contributed by atoms with van der Waals surface area (Å²) in [6.07, 6.45) is 5.86. The zero-order chi connectivity index (χ0) is 13.0. The Morgan fingerprint density at radius 2 is 2.00 bits per heavy atom. The Morgan fingerprint density at radius 1 is 1.22 bits per heavy atom. The van der Waals surface area contributed by atoms with Crippen LogP contribution in [0, 0.1) is 5.82 Å². The van der Waals surface area contributed by atoms with Gasteiger partial charge in [0, 0.05) is 23.0 Å². The molecule has 0 bridgehead atoms. The van der Waals surface area contributed by atoms with Gasteiger partial charge >= 0.3 is 0 Å². The molecule has 0 heterocycles. The number of rotatable bonds is 3. The van der Waals surface area contributed by atoms with E-state index in [2.05, 4.69) is 5.32 Å². The van der Waals surface area contributed by atoms with Gasteiger partial charge in [-0.25, -0.2) is 4.39 Å². The van der Waals surface area contributed by atoms with Gasteiger partial charge in [0.25, 0.3) is 0 Å². The Kier molecular flexibility index (Phi) is 5.28. The van der Waals surface area contributed by atoms with E-state index in [-0.39, 0.29) is 11.2 Å². The first kappa shape index (κ1) is 14.1. The average Bonchev–Trinajstić information content (AvgIpc) is 2.53. The van der Waals surface area contributed by atoms with E-state index in [1.807, 2.05) is 0 Å². The zero-order valence-corrected chi connectivity index (χ0v) is 11.8. The molecule has 0 saturated heterocycles. The van der Waals surface area contributed by atoms with E-state index >= 15 is 0 Å². The highest BCUT2D eigenvalue weighted by Gasteiger charge is 2.21. The second kappa shape index (κ2) is 6.74. The topological polar surface area (TPSA) is 12.0 Å². The minimum absolute atomic E-state index is 0.187. The molecule has 0 radical (unpaired) electrons. The molecule has 100 valence electrons. The summed E-state index contributed by atoms with van der Waals surface area (Å²) in [5.41, 5.74) is 0.922. The van der Waals surface area contributed by atoms with Crippen molar-refractivity contribution in [3.8, 4) is 0 Å². The van der Waals surface area contributed by atoms with Gasteiger partial charge in [0.05, 0.1) is 0 Å². The van der Waals surface area contributed by atoms with Gasteiger partial charge in [-0.1, -0.05) is 36.9 Å². The number of hydrogen-bond donors (Lipinski definition) is 1. The Hall–Kier alpha value is -0.310. The molecule has 1 aliphatic carbocycles. The Labute approximate surface area is 118 Å². The summed E-state index contributed by atoms with van der Waals surface area (Å²) in [4.78, 5) is 0. The van der Waals surface area contributed by atoms with E-state index in [0.29, 0.717) is 17.6 Å². The van der Waals surface area contributed by atoms with Crippen LogP contribution < -0.4 is 5.32 Å².